The fraction of sp³-hybridized carbons (Fsp3) is 0.350. The van der Waals surface area contributed by atoms with Crippen LogP contribution in [0.2, 0.25) is 0 Å². The fourth-order valence-electron chi connectivity index (χ4n) is 3.01. The van der Waals surface area contributed by atoms with E-state index < -0.39 is 0 Å². The number of nitriles is 1. The zero-order valence-corrected chi connectivity index (χ0v) is 13.8. The highest BCUT2D eigenvalue weighted by molar-refractivity contribution is 5.32. The van der Waals surface area contributed by atoms with E-state index in [1.807, 2.05) is 24.3 Å². The van der Waals surface area contributed by atoms with Gasteiger partial charge < -0.3 is 10.1 Å². The molecule has 124 valence electrons. The summed E-state index contributed by atoms with van der Waals surface area (Å²) in [4.78, 5) is 2.44. The van der Waals surface area contributed by atoms with E-state index >= 15 is 0 Å². The molecule has 24 heavy (non-hydrogen) atoms. The average molecular weight is 321 g/mol. The molecule has 0 bridgehead atoms. The van der Waals surface area contributed by atoms with Crippen molar-refractivity contribution in [2.75, 3.05) is 32.8 Å². The summed E-state index contributed by atoms with van der Waals surface area (Å²) in [6, 6.07) is 20.8. The minimum absolute atomic E-state index is 0.259. The highest BCUT2D eigenvalue weighted by atomic mass is 16.5. The Bertz CT molecular complexity index is 675. The molecule has 1 heterocycles. The number of hydrogen-bond acceptors (Lipinski definition) is 4. The summed E-state index contributed by atoms with van der Waals surface area (Å²) in [5.74, 6) is 0. The first-order valence-corrected chi connectivity index (χ1v) is 8.42. The summed E-state index contributed by atoms with van der Waals surface area (Å²) < 4.78 is 5.45. The normalized spacial score (nSPS) is 16.5. The van der Waals surface area contributed by atoms with E-state index in [9.17, 15) is 0 Å². The molecule has 2 aromatic rings. The van der Waals surface area contributed by atoms with E-state index in [0.717, 1.165) is 45.0 Å². The first-order chi connectivity index (χ1) is 11.8. The smallest absolute Gasteiger partial charge is 0.0991 e. The van der Waals surface area contributed by atoms with Crippen molar-refractivity contribution in [3.05, 3.63) is 71.3 Å². The summed E-state index contributed by atoms with van der Waals surface area (Å²) in [6.45, 7) is 5.30. The van der Waals surface area contributed by atoms with Crippen molar-refractivity contribution < 1.29 is 4.74 Å². The predicted octanol–water partition coefficient (Wildman–Crippen LogP) is 2.72. The molecule has 0 amide bonds. The average Bonchev–Trinajstić information content (AvgIpc) is 2.67. The highest BCUT2D eigenvalue weighted by Crippen LogP contribution is 2.16. The Labute approximate surface area is 143 Å². The van der Waals surface area contributed by atoms with Crippen LogP contribution >= 0.6 is 0 Å². The van der Waals surface area contributed by atoms with Crippen LogP contribution in [0.4, 0.5) is 0 Å². The lowest BCUT2D eigenvalue weighted by molar-refractivity contribution is 0.0333. The molecular formula is C20H23N3O. The van der Waals surface area contributed by atoms with Gasteiger partial charge >= 0.3 is 0 Å². The van der Waals surface area contributed by atoms with Gasteiger partial charge in [0.15, 0.2) is 0 Å². The second kappa shape index (κ2) is 8.60. The molecule has 0 unspecified atom stereocenters. The molecule has 0 aromatic heterocycles. The quantitative estimate of drug-likeness (QED) is 0.889. The Kier molecular flexibility index (Phi) is 5.97. The van der Waals surface area contributed by atoms with E-state index in [4.69, 9.17) is 10.00 Å². The molecule has 1 saturated heterocycles. The monoisotopic (exact) mass is 321 g/mol. The van der Waals surface area contributed by atoms with Gasteiger partial charge in [0, 0.05) is 32.2 Å². The van der Waals surface area contributed by atoms with Crippen molar-refractivity contribution in [2.24, 2.45) is 0 Å². The van der Waals surface area contributed by atoms with Crippen molar-refractivity contribution in [1.82, 2.24) is 10.2 Å². The Balaban J connectivity index is 1.68. The molecular weight excluding hydrogens is 298 g/mol. The van der Waals surface area contributed by atoms with Crippen molar-refractivity contribution >= 4 is 0 Å². The Morgan fingerprint density at radius 1 is 1.08 bits per heavy atom. The van der Waals surface area contributed by atoms with E-state index in [0.29, 0.717) is 5.56 Å². The summed E-state index contributed by atoms with van der Waals surface area (Å²) >= 11 is 0. The van der Waals surface area contributed by atoms with E-state index in [1.165, 1.54) is 5.56 Å². The van der Waals surface area contributed by atoms with Crippen LogP contribution in [0.25, 0.3) is 0 Å². The lowest BCUT2D eigenvalue weighted by Gasteiger charge is -2.31. The first kappa shape index (κ1) is 16.7. The standard InChI is InChI=1S/C20H23N3O/c21-14-17-5-4-6-18(13-17)15-22-20(19-7-2-1-3-8-19)16-23-9-11-24-12-10-23/h1-8,13,20,22H,9-12,15-16H2/t20-/m1/s1. The first-order valence-electron chi connectivity index (χ1n) is 8.42. The second-order valence-corrected chi connectivity index (χ2v) is 6.07. The molecule has 4 nitrogen and oxygen atoms in total. The molecule has 1 aliphatic heterocycles. The molecule has 1 aliphatic rings. The van der Waals surface area contributed by atoms with E-state index in [2.05, 4.69) is 46.6 Å². The lowest BCUT2D eigenvalue weighted by atomic mass is 10.1. The van der Waals surface area contributed by atoms with Gasteiger partial charge in [-0.15, -0.1) is 0 Å². The molecule has 1 atom stereocenters. The largest absolute Gasteiger partial charge is 0.379 e. The number of nitrogens with one attached hydrogen (secondary N) is 1. The minimum atomic E-state index is 0.259. The number of hydrogen-bond donors (Lipinski definition) is 1. The Hall–Kier alpha value is -2.19. The van der Waals surface area contributed by atoms with Crippen molar-refractivity contribution in [1.29, 1.82) is 5.26 Å². The van der Waals surface area contributed by atoms with Gasteiger partial charge in [0.25, 0.3) is 0 Å². The fourth-order valence-corrected chi connectivity index (χ4v) is 3.01. The lowest BCUT2D eigenvalue weighted by Crippen LogP contribution is -2.41. The summed E-state index contributed by atoms with van der Waals surface area (Å²) in [5, 5.41) is 12.7. The Morgan fingerprint density at radius 2 is 1.88 bits per heavy atom. The molecule has 1 N–H and O–H groups in total. The molecule has 3 rings (SSSR count). The van der Waals surface area contributed by atoms with E-state index in [1.54, 1.807) is 0 Å². The van der Waals surface area contributed by atoms with Gasteiger partial charge in [-0.3, -0.25) is 4.90 Å². The maximum atomic E-state index is 9.04. The highest BCUT2D eigenvalue weighted by Gasteiger charge is 2.17. The van der Waals surface area contributed by atoms with Gasteiger partial charge in [0.1, 0.15) is 0 Å². The molecule has 2 aromatic carbocycles. The predicted molar refractivity (Wildman–Crippen MR) is 94.4 cm³/mol. The van der Waals surface area contributed by atoms with Gasteiger partial charge in [0.2, 0.25) is 0 Å². The van der Waals surface area contributed by atoms with Crippen molar-refractivity contribution in [3.8, 4) is 6.07 Å². The maximum Gasteiger partial charge on any atom is 0.0991 e. The number of rotatable bonds is 6. The molecule has 4 heteroatoms. The summed E-state index contributed by atoms with van der Waals surface area (Å²) in [7, 11) is 0. The second-order valence-electron chi connectivity index (χ2n) is 6.07. The van der Waals surface area contributed by atoms with Gasteiger partial charge in [-0.05, 0) is 23.3 Å². The van der Waals surface area contributed by atoms with Gasteiger partial charge in [-0.2, -0.15) is 5.26 Å². The topological polar surface area (TPSA) is 48.3 Å². The van der Waals surface area contributed by atoms with E-state index in [-0.39, 0.29) is 6.04 Å². The number of morpholine rings is 1. The van der Waals surface area contributed by atoms with Gasteiger partial charge in [-0.1, -0.05) is 42.5 Å². The van der Waals surface area contributed by atoms with Crippen LogP contribution in [0.1, 0.15) is 22.7 Å². The van der Waals surface area contributed by atoms with Gasteiger partial charge in [0.05, 0.1) is 24.8 Å². The third-order valence-corrected chi connectivity index (χ3v) is 4.36. The zero-order chi connectivity index (χ0) is 16.6. The molecule has 0 aliphatic carbocycles. The van der Waals surface area contributed by atoms with Crippen LogP contribution in [-0.4, -0.2) is 37.7 Å². The number of nitrogens with zero attached hydrogens (tertiary/aromatic N) is 2. The van der Waals surface area contributed by atoms with Crippen molar-refractivity contribution in [3.63, 3.8) is 0 Å². The number of ether oxygens (including phenoxy) is 1. The SMILES string of the molecule is N#Cc1cccc(CN[C@H](CN2CCOCC2)c2ccccc2)c1. The zero-order valence-electron chi connectivity index (χ0n) is 13.8. The van der Waals surface area contributed by atoms with Crippen LogP contribution in [0.5, 0.6) is 0 Å². The van der Waals surface area contributed by atoms with Crippen molar-refractivity contribution in [2.45, 2.75) is 12.6 Å². The number of benzene rings is 2. The van der Waals surface area contributed by atoms with Crippen LogP contribution in [0, 0.1) is 11.3 Å². The van der Waals surface area contributed by atoms with Gasteiger partial charge in [-0.25, -0.2) is 0 Å². The Morgan fingerprint density at radius 3 is 2.62 bits per heavy atom. The molecule has 1 fully saturated rings. The van der Waals surface area contributed by atoms with Crippen LogP contribution in [0.15, 0.2) is 54.6 Å². The summed E-state index contributed by atoms with van der Waals surface area (Å²) in [6.07, 6.45) is 0. The van der Waals surface area contributed by atoms with Crippen LogP contribution in [-0.2, 0) is 11.3 Å². The molecule has 0 saturated carbocycles. The van der Waals surface area contributed by atoms with Crippen LogP contribution < -0.4 is 5.32 Å². The third kappa shape index (κ3) is 4.65. The summed E-state index contributed by atoms with van der Waals surface area (Å²) in [5.41, 5.74) is 3.14. The molecule has 0 radical (unpaired) electrons. The maximum absolute atomic E-state index is 9.04. The van der Waals surface area contributed by atoms with Crippen LogP contribution in [0.3, 0.4) is 0 Å². The third-order valence-electron chi connectivity index (χ3n) is 4.36. The molecule has 0 spiro atoms. The minimum Gasteiger partial charge on any atom is -0.379 e.